The van der Waals surface area contributed by atoms with Crippen molar-refractivity contribution in [1.29, 1.82) is 0 Å². The van der Waals surface area contributed by atoms with Crippen molar-refractivity contribution in [1.82, 2.24) is 0 Å². The minimum atomic E-state index is -0.916. The van der Waals surface area contributed by atoms with E-state index in [2.05, 4.69) is 6.92 Å². The molecule has 0 N–H and O–H groups in total. The van der Waals surface area contributed by atoms with Crippen molar-refractivity contribution in [3.8, 4) is 0 Å². The maximum atomic E-state index is 12.7. The SMILES string of the molecule is CC=CC(CCCCCCCC)(C(C=O)=Cc1ccccc1)C(C=O)C(C=O)=Cc1ccccc1. The van der Waals surface area contributed by atoms with Crippen LogP contribution in [0.1, 0.15) is 69.9 Å². The number of allylic oxidation sites excluding steroid dienone is 4. The molecule has 3 heteroatoms. The Labute approximate surface area is 210 Å². The van der Waals surface area contributed by atoms with E-state index in [1.54, 1.807) is 6.08 Å². The molecular weight excluding hydrogens is 432 g/mol. The summed E-state index contributed by atoms with van der Waals surface area (Å²) in [5, 5.41) is 0. The Hall–Kier alpha value is -3.33. The van der Waals surface area contributed by atoms with Gasteiger partial charge in [0.05, 0.1) is 5.92 Å². The van der Waals surface area contributed by atoms with Gasteiger partial charge in [0.1, 0.15) is 18.9 Å². The average Bonchev–Trinajstić information content (AvgIpc) is 2.90. The predicted octanol–water partition coefficient (Wildman–Crippen LogP) is 7.68. The number of carbonyl (C=O) groups excluding carboxylic acids is 3. The van der Waals surface area contributed by atoms with E-state index in [0.29, 0.717) is 17.6 Å². The average molecular weight is 471 g/mol. The first kappa shape index (κ1) is 27.9. The van der Waals surface area contributed by atoms with Gasteiger partial charge in [0, 0.05) is 16.6 Å². The summed E-state index contributed by atoms with van der Waals surface area (Å²) in [7, 11) is 0. The first-order valence-electron chi connectivity index (χ1n) is 12.7. The molecule has 184 valence electrons. The summed E-state index contributed by atoms with van der Waals surface area (Å²) in [6.45, 7) is 4.08. The highest BCUT2D eigenvalue weighted by Gasteiger charge is 2.41. The van der Waals surface area contributed by atoms with Crippen LogP contribution in [-0.4, -0.2) is 18.9 Å². The predicted molar refractivity (Wildman–Crippen MR) is 146 cm³/mol. The Balaban J connectivity index is 2.60. The lowest BCUT2D eigenvalue weighted by molar-refractivity contribution is -0.115. The number of hydrogen-bond acceptors (Lipinski definition) is 3. The van der Waals surface area contributed by atoms with E-state index in [-0.39, 0.29) is 0 Å². The van der Waals surface area contributed by atoms with Crippen molar-refractivity contribution in [2.45, 2.75) is 58.8 Å². The fraction of sp³-hybridized carbons (Fsp3) is 0.344. The van der Waals surface area contributed by atoms with Crippen molar-refractivity contribution >= 4 is 31.0 Å². The minimum Gasteiger partial charge on any atom is -0.303 e. The highest BCUT2D eigenvalue weighted by molar-refractivity contribution is 5.92. The molecule has 2 atom stereocenters. The molecule has 3 nitrogen and oxygen atoms in total. The van der Waals surface area contributed by atoms with Crippen molar-refractivity contribution < 1.29 is 14.4 Å². The van der Waals surface area contributed by atoms with E-state index < -0.39 is 11.3 Å². The topological polar surface area (TPSA) is 51.2 Å². The van der Waals surface area contributed by atoms with Gasteiger partial charge in [-0.1, -0.05) is 118 Å². The van der Waals surface area contributed by atoms with Gasteiger partial charge in [0.25, 0.3) is 0 Å². The van der Waals surface area contributed by atoms with Crippen LogP contribution in [-0.2, 0) is 14.4 Å². The molecule has 0 radical (unpaired) electrons. The number of hydrogen-bond donors (Lipinski definition) is 0. The van der Waals surface area contributed by atoms with Crippen LogP contribution in [0.2, 0.25) is 0 Å². The van der Waals surface area contributed by atoms with Crippen molar-refractivity contribution in [3.05, 3.63) is 95.1 Å². The van der Waals surface area contributed by atoms with Crippen molar-refractivity contribution in [3.63, 3.8) is 0 Å². The van der Waals surface area contributed by atoms with Crippen LogP contribution in [0.25, 0.3) is 12.2 Å². The van der Waals surface area contributed by atoms with E-state index in [1.807, 2.05) is 85.8 Å². The van der Waals surface area contributed by atoms with E-state index >= 15 is 0 Å². The molecular formula is C32H38O3. The normalized spacial score (nSPS) is 14.9. The summed E-state index contributed by atoms with van der Waals surface area (Å²) in [5.74, 6) is -0.785. The molecule has 2 unspecified atom stereocenters. The second kappa shape index (κ2) is 15.5. The molecule has 0 aliphatic heterocycles. The molecule has 2 rings (SSSR count). The summed E-state index contributed by atoms with van der Waals surface area (Å²) >= 11 is 0. The molecule has 0 fully saturated rings. The van der Waals surface area contributed by atoms with Crippen molar-refractivity contribution in [2.75, 3.05) is 0 Å². The fourth-order valence-electron chi connectivity index (χ4n) is 4.70. The molecule has 0 aliphatic carbocycles. The third kappa shape index (κ3) is 8.13. The Morgan fingerprint density at radius 1 is 0.771 bits per heavy atom. The lowest BCUT2D eigenvalue weighted by Crippen LogP contribution is -2.35. The highest BCUT2D eigenvalue weighted by atomic mass is 16.1. The van der Waals surface area contributed by atoms with Gasteiger partial charge in [-0.2, -0.15) is 0 Å². The van der Waals surface area contributed by atoms with E-state index in [1.165, 1.54) is 19.3 Å². The molecule has 0 saturated heterocycles. The molecule has 35 heavy (non-hydrogen) atoms. The second-order valence-electron chi connectivity index (χ2n) is 8.97. The zero-order valence-corrected chi connectivity index (χ0v) is 21.1. The number of benzene rings is 2. The zero-order valence-electron chi connectivity index (χ0n) is 21.1. The van der Waals surface area contributed by atoms with Gasteiger partial charge >= 0.3 is 0 Å². The van der Waals surface area contributed by atoms with Crippen molar-refractivity contribution in [2.24, 2.45) is 11.3 Å². The van der Waals surface area contributed by atoms with Gasteiger partial charge in [-0.15, -0.1) is 0 Å². The lowest BCUT2D eigenvalue weighted by Gasteiger charge is -2.37. The van der Waals surface area contributed by atoms with Crippen LogP contribution >= 0.6 is 0 Å². The van der Waals surface area contributed by atoms with Crippen LogP contribution in [0.4, 0.5) is 0 Å². The fourth-order valence-corrected chi connectivity index (χ4v) is 4.70. The molecule has 0 aliphatic rings. The van der Waals surface area contributed by atoms with Gasteiger partial charge in [-0.25, -0.2) is 0 Å². The second-order valence-corrected chi connectivity index (χ2v) is 8.97. The molecule has 0 aromatic heterocycles. The van der Waals surface area contributed by atoms with Gasteiger partial charge < -0.3 is 4.79 Å². The minimum absolute atomic E-state index is 0.371. The smallest absolute Gasteiger partial charge is 0.146 e. The standard InChI is InChI=1S/C32H38O3/c1-3-5-6-7-8-15-21-32(20-4-2,30(25-34)23-28-18-13-10-14-19-28)31(26-35)29(24-33)22-27-16-11-9-12-17-27/h4,9-14,16-20,22-26,31H,3,5-8,15,21H2,1-2H3. The van der Waals surface area contributed by atoms with Gasteiger partial charge in [-0.05, 0) is 36.6 Å². The molecule has 0 bridgehead atoms. The lowest BCUT2D eigenvalue weighted by atomic mass is 9.64. The summed E-state index contributed by atoms with van der Waals surface area (Å²) < 4.78 is 0. The summed E-state index contributed by atoms with van der Waals surface area (Å²) in [6.07, 6.45) is 17.1. The van der Waals surface area contributed by atoms with E-state index in [0.717, 1.165) is 49.2 Å². The first-order chi connectivity index (χ1) is 17.1. The maximum absolute atomic E-state index is 12.7. The summed E-state index contributed by atoms with van der Waals surface area (Å²) in [5.41, 5.74) is 1.69. The quantitative estimate of drug-likeness (QED) is 0.109. The maximum Gasteiger partial charge on any atom is 0.146 e. The number of carbonyl (C=O) groups is 3. The molecule has 2 aromatic rings. The molecule has 0 spiro atoms. The summed E-state index contributed by atoms with van der Waals surface area (Å²) in [6, 6.07) is 19.1. The van der Waals surface area contributed by atoms with Crippen LogP contribution in [0.3, 0.4) is 0 Å². The Bertz CT molecular complexity index is 1000. The Kier molecular flexibility index (Phi) is 12.4. The van der Waals surface area contributed by atoms with Gasteiger partial charge in [-0.3, -0.25) is 9.59 Å². The number of rotatable bonds is 16. The van der Waals surface area contributed by atoms with Crippen LogP contribution in [0.5, 0.6) is 0 Å². The molecule has 0 heterocycles. The largest absolute Gasteiger partial charge is 0.303 e. The molecule has 0 saturated carbocycles. The Morgan fingerprint density at radius 3 is 1.86 bits per heavy atom. The summed E-state index contributed by atoms with van der Waals surface area (Å²) in [4.78, 5) is 37.6. The van der Waals surface area contributed by atoms with Crippen LogP contribution in [0.15, 0.2) is 84.0 Å². The van der Waals surface area contributed by atoms with Crippen LogP contribution < -0.4 is 0 Å². The van der Waals surface area contributed by atoms with Gasteiger partial charge in [0.2, 0.25) is 0 Å². The third-order valence-electron chi connectivity index (χ3n) is 6.51. The molecule has 2 aromatic carbocycles. The highest BCUT2D eigenvalue weighted by Crippen LogP contribution is 2.45. The van der Waals surface area contributed by atoms with Gasteiger partial charge in [0.15, 0.2) is 0 Å². The Morgan fingerprint density at radius 2 is 1.34 bits per heavy atom. The monoisotopic (exact) mass is 470 g/mol. The number of unbranched alkanes of at least 4 members (excludes halogenated alkanes) is 5. The molecule has 0 amide bonds. The first-order valence-corrected chi connectivity index (χ1v) is 12.7. The zero-order chi connectivity index (χ0) is 25.4. The van der Waals surface area contributed by atoms with E-state index in [4.69, 9.17) is 0 Å². The third-order valence-corrected chi connectivity index (χ3v) is 6.51. The van der Waals surface area contributed by atoms with Crippen LogP contribution in [0, 0.1) is 11.3 Å². The van der Waals surface area contributed by atoms with E-state index in [9.17, 15) is 14.4 Å². The number of aldehydes is 3.